The van der Waals surface area contributed by atoms with Crippen LogP contribution in [0.1, 0.15) is 5.56 Å². The fraction of sp³-hybridized carbons (Fsp3) is 0.0972. The molecule has 608 valence electrons. The lowest BCUT2D eigenvalue weighted by atomic mass is 10.1. The van der Waals surface area contributed by atoms with E-state index in [2.05, 4.69) is 59.2 Å². The number of carbonyl (C=O) groups is 6. The van der Waals surface area contributed by atoms with E-state index in [1.54, 1.807) is 102 Å². The number of methoxy groups -OCH3 is 6. The second-order valence-electron chi connectivity index (χ2n) is 23.6. The van der Waals surface area contributed by atoms with Gasteiger partial charge in [0, 0.05) is 113 Å². The van der Waals surface area contributed by atoms with Crippen molar-refractivity contribution in [3.05, 3.63) is 226 Å². The quantitative estimate of drug-likeness (QED) is 0.0641. The van der Waals surface area contributed by atoms with Crippen molar-refractivity contribution in [3.8, 4) is 90.3 Å². The average Bonchev–Trinajstić information content (AvgIpc) is 1.70. The molecule has 0 saturated heterocycles. The molecule has 13 heterocycles. The number of alkyl halides is 3. The second kappa shape index (κ2) is 37.1. The first-order chi connectivity index (χ1) is 56.7. The van der Waals surface area contributed by atoms with Crippen LogP contribution in [-0.4, -0.2) is 167 Å². The molecule has 17 rings (SSSR count). The Bertz CT molecular complexity index is 6080. The molecule has 46 heteroatoms. The summed E-state index contributed by atoms with van der Waals surface area (Å²) in [6.45, 7) is 0. The number of rotatable bonds is 17. The molecule has 7 aromatic heterocycles. The number of para-hydroxylation sites is 1. The SMILES string of the molecule is COc1cc(-c2cnn(C3=CC(=O)NS3=O)c2)cc(OC)c1OC.COc1ccc(-c2cnn(C3=CC(=O)NS3=O)c2)cc1.COc1cccc(-c2cnn(C3=CC(=O)NS3=O)c2)c1.COc1ccccc1-c1cnn(C2=CC(=O)NS2=O)c1.O=C1C=C(n2cc(-c3ccccn3)cn2)S(=O)N1.O=C1C=C(n2cc(C(F)(F)F)cn2)S(=O)N1. The van der Waals surface area contributed by atoms with Crippen LogP contribution in [0.15, 0.2) is 220 Å². The van der Waals surface area contributed by atoms with Crippen LogP contribution in [0.25, 0.3) is 85.9 Å². The Morgan fingerprint density at radius 3 is 1.06 bits per heavy atom. The lowest BCUT2D eigenvalue weighted by molar-refractivity contribution is -0.137. The lowest BCUT2D eigenvalue weighted by Gasteiger charge is -2.13. The van der Waals surface area contributed by atoms with Gasteiger partial charge in [-0.15, -0.1) is 0 Å². The first-order valence-corrected chi connectivity index (χ1v) is 40.3. The van der Waals surface area contributed by atoms with Crippen LogP contribution in [-0.2, 0) is 101 Å². The molecule has 6 N–H and O–H groups in total. The highest BCUT2D eigenvalue weighted by molar-refractivity contribution is 7.95. The van der Waals surface area contributed by atoms with Crippen molar-refractivity contribution < 1.29 is 95.6 Å². The van der Waals surface area contributed by atoms with Gasteiger partial charge in [-0.3, -0.25) is 62.1 Å². The molecule has 0 bridgehead atoms. The normalized spacial score (nSPS) is 18.0. The van der Waals surface area contributed by atoms with Gasteiger partial charge >= 0.3 is 6.18 Å². The molecule has 118 heavy (non-hydrogen) atoms. The summed E-state index contributed by atoms with van der Waals surface area (Å²) in [6, 6.07) is 31.7. The first-order valence-electron chi connectivity index (χ1n) is 33.4. The maximum absolute atomic E-state index is 12.2. The van der Waals surface area contributed by atoms with Gasteiger partial charge in [0.25, 0.3) is 35.4 Å². The number of amides is 6. The number of pyridine rings is 1. The van der Waals surface area contributed by atoms with Gasteiger partial charge in [-0.05, 0) is 71.3 Å². The third-order valence-electron chi connectivity index (χ3n) is 16.2. The van der Waals surface area contributed by atoms with E-state index in [9.17, 15) is 67.2 Å². The van der Waals surface area contributed by atoms with E-state index in [0.29, 0.717) is 49.8 Å². The van der Waals surface area contributed by atoms with Gasteiger partial charge in [-0.1, -0.05) is 48.5 Å². The number of benzene rings is 4. The van der Waals surface area contributed by atoms with E-state index in [4.69, 9.17) is 28.4 Å². The predicted octanol–water partition coefficient (Wildman–Crippen LogP) is 5.65. The van der Waals surface area contributed by atoms with Gasteiger partial charge < -0.3 is 28.4 Å². The number of ether oxygens (including phenoxy) is 6. The topological polar surface area (TPSA) is 452 Å². The Kier molecular flexibility index (Phi) is 26.2. The van der Waals surface area contributed by atoms with Crippen LogP contribution in [0, 0.1) is 0 Å². The summed E-state index contributed by atoms with van der Waals surface area (Å²) in [5, 5.41) is 25.5. The molecule has 37 nitrogen and oxygen atoms in total. The van der Waals surface area contributed by atoms with Crippen molar-refractivity contribution in [2.24, 2.45) is 0 Å². The van der Waals surface area contributed by atoms with Crippen LogP contribution in [0.4, 0.5) is 13.2 Å². The van der Waals surface area contributed by atoms with E-state index in [1.807, 2.05) is 95.7 Å². The summed E-state index contributed by atoms with van der Waals surface area (Å²) < 4.78 is 159. The number of hydrogen-bond acceptors (Lipinski definition) is 25. The van der Waals surface area contributed by atoms with Crippen molar-refractivity contribution >= 4 is 132 Å². The molecule has 0 saturated carbocycles. The third kappa shape index (κ3) is 19.9. The summed E-state index contributed by atoms with van der Waals surface area (Å²) in [4.78, 5) is 70.8. The van der Waals surface area contributed by atoms with E-state index in [0.717, 1.165) is 83.8 Å². The predicted molar refractivity (Wildman–Crippen MR) is 426 cm³/mol. The highest BCUT2D eigenvalue weighted by atomic mass is 32.2. The number of carbonyl (C=O) groups excluding carboxylic acids is 6. The largest absolute Gasteiger partial charge is 0.497 e. The first kappa shape index (κ1) is 83.5. The smallest absolute Gasteiger partial charge is 0.419 e. The molecule has 0 aliphatic carbocycles. The van der Waals surface area contributed by atoms with Gasteiger partial charge in [0.15, 0.2) is 108 Å². The molecule has 6 aliphatic heterocycles. The van der Waals surface area contributed by atoms with Gasteiger partial charge in [-0.2, -0.15) is 43.8 Å². The minimum atomic E-state index is -4.52. The van der Waals surface area contributed by atoms with Gasteiger partial charge in [0.2, 0.25) is 5.75 Å². The third-order valence-corrected chi connectivity index (χ3v) is 22.6. The molecule has 0 spiro atoms. The Hall–Kier alpha value is -14.0. The monoisotopic (exact) mass is 1730 g/mol. The fourth-order valence-electron chi connectivity index (χ4n) is 10.7. The van der Waals surface area contributed by atoms with Gasteiger partial charge in [0.1, 0.15) is 17.2 Å². The maximum Gasteiger partial charge on any atom is 0.419 e. The molecule has 0 fully saturated rings. The highest BCUT2D eigenvalue weighted by Crippen LogP contribution is 2.42. The van der Waals surface area contributed by atoms with Crippen molar-refractivity contribution in [2.75, 3.05) is 42.7 Å². The number of nitrogens with zero attached hydrogens (tertiary/aromatic N) is 13. The van der Waals surface area contributed by atoms with E-state index < -0.39 is 89.5 Å². The molecule has 6 atom stereocenters. The maximum atomic E-state index is 12.2. The van der Waals surface area contributed by atoms with Crippen molar-refractivity contribution in [1.82, 2.24) is 92.0 Å². The van der Waals surface area contributed by atoms with Crippen LogP contribution in [0.3, 0.4) is 0 Å². The fourth-order valence-corrected chi connectivity index (χ4v) is 15.7. The molecular weight excluding hydrogens is 1670 g/mol. The number of nitrogens with one attached hydrogen (secondary N) is 6. The zero-order chi connectivity index (χ0) is 84.1. The molecular formula is C72H60F3N19O18S6. The summed E-state index contributed by atoms with van der Waals surface area (Å²) in [5.74, 6) is 1.22. The van der Waals surface area contributed by atoms with Crippen molar-refractivity contribution in [3.63, 3.8) is 0 Å². The number of aromatic nitrogens is 13. The molecule has 4 aromatic carbocycles. The Balaban J connectivity index is 0.000000131. The lowest BCUT2D eigenvalue weighted by Crippen LogP contribution is -2.17. The number of halogens is 3. The van der Waals surface area contributed by atoms with E-state index in [-0.39, 0.29) is 33.7 Å². The molecule has 6 aliphatic rings. The average molecular weight is 1730 g/mol. The number of hydrogen-bond donors (Lipinski definition) is 6. The minimum absolute atomic E-state index is 0.125. The molecule has 6 amide bonds. The molecule has 6 unspecified atom stereocenters. The zero-order valence-corrected chi connectivity index (χ0v) is 66.4. The summed E-state index contributed by atoms with van der Waals surface area (Å²) >= 11 is 0. The van der Waals surface area contributed by atoms with Crippen LogP contribution >= 0.6 is 0 Å². The van der Waals surface area contributed by atoms with E-state index in [1.165, 1.54) is 75.1 Å². The van der Waals surface area contributed by atoms with Crippen LogP contribution in [0.5, 0.6) is 34.5 Å². The Morgan fingerprint density at radius 2 is 0.686 bits per heavy atom. The van der Waals surface area contributed by atoms with Crippen molar-refractivity contribution in [1.29, 1.82) is 0 Å². The second-order valence-corrected chi connectivity index (χ2v) is 30.6. The standard InChI is InChI=1S/C15H15N3O5S.3C13H11N3O3S.C11H8N4O2S.C7H4F3N3O2S/c1-21-11-4-9(5-12(22-2)15(11)23-3)10-7-16-18(8-10)14-6-13(19)17-24(14)20;1-19-11-4-2-9(3-5-11)10-7-14-16(8-10)13-6-12(17)15-20(13)18;1-19-11-4-2-3-9(5-11)10-7-14-16(8-10)13-6-12(17)15-20(13)18;1-19-11-5-3-2-4-10(11)9-7-14-16(8-9)13-6-12(17)15-20(13)18;16-10-5-11(18(17)14-10)15-7-8(6-13-15)9-3-1-2-4-12-9;8-7(9,10)4-2-11-13(3-4)6-1-5(14)12-16(6)15/h4-8H,1-3H3,(H,17,19);3*2-8H,1H3,(H,15,17);1-7H,(H,14,16);1-3H,(H,12,14). The van der Waals surface area contributed by atoms with Gasteiger partial charge in [-0.25, -0.2) is 53.3 Å². The van der Waals surface area contributed by atoms with Crippen LogP contribution in [0.2, 0.25) is 0 Å². The van der Waals surface area contributed by atoms with Crippen LogP contribution < -0.4 is 56.8 Å². The Morgan fingerprint density at radius 1 is 0.322 bits per heavy atom. The zero-order valence-electron chi connectivity index (χ0n) is 61.5. The minimum Gasteiger partial charge on any atom is -0.497 e. The summed E-state index contributed by atoms with van der Waals surface area (Å²) in [7, 11) is -0.260. The molecule has 11 aromatic rings. The van der Waals surface area contributed by atoms with Crippen molar-refractivity contribution in [2.45, 2.75) is 6.18 Å². The molecule has 0 radical (unpaired) electrons. The summed E-state index contributed by atoms with van der Waals surface area (Å²) in [6.07, 6.45) is 22.4. The highest BCUT2D eigenvalue weighted by Gasteiger charge is 2.34. The van der Waals surface area contributed by atoms with Gasteiger partial charge in [0.05, 0.1) is 91.1 Å². The Labute approximate surface area is 679 Å². The summed E-state index contributed by atoms with van der Waals surface area (Å²) in [5.41, 5.74) is 7.42. The van der Waals surface area contributed by atoms with E-state index >= 15 is 0 Å².